The molecule has 0 heterocycles. The van der Waals surface area contributed by atoms with E-state index >= 15 is 0 Å². The zero-order chi connectivity index (χ0) is 28.0. The molecule has 3 aromatic carbocycles. The molecule has 0 unspecified atom stereocenters. The Morgan fingerprint density at radius 3 is 2.13 bits per heavy atom. The smallest absolute Gasteiger partial charge is 0.244 e. The van der Waals surface area contributed by atoms with Crippen LogP contribution in [-0.4, -0.2) is 51.0 Å². The quantitative estimate of drug-likeness (QED) is 0.377. The standard InChI is InChI=1S/C28H31Cl2N3O4S/c1-19-9-8-10-20(2)27(19)33(38(4,36)37)18-26(34)32(17-22-13-14-23(29)16-24(22)30)25(28(35)31-3)15-21-11-6-5-7-12-21/h5-14,16,25H,15,17-18H2,1-4H3,(H,31,35)/t25-/m1/s1. The van der Waals surface area contributed by atoms with Crippen molar-refractivity contribution < 1.29 is 18.0 Å². The van der Waals surface area contributed by atoms with Gasteiger partial charge in [-0.15, -0.1) is 0 Å². The zero-order valence-electron chi connectivity index (χ0n) is 21.7. The summed E-state index contributed by atoms with van der Waals surface area (Å²) in [5.74, 6) is -0.932. The third kappa shape index (κ3) is 7.28. The highest BCUT2D eigenvalue weighted by atomic mass is 35.5. The molecule has 1 atom stereocenters. The number of benzene rings is 3. The van der Waals surface area contributed by atoms with Crippen molar-refractivity contribution in [2.24, 2.45) is 0 Å². The Labute approximate surface area is 234 Å². The Kier molecular flexibility index (Phi) is 9.82. The average molecular weight is 577 g/mol. The van der Waals surface area contributed by atoms with E-state index in [0.717, 1.165) is 16.1 Å². The van der Waals surface area contributed by atoms with E-state index in [9.17, 15) is 18.0 Å². The van der Waals surface area contributed by atoms with Gasteiger partial charge in [-0.05, 0) is 48.2 Å². The Bertz CT molecular complexity index is 1390. The van der Waals surface area contributed by atoms with Gasteiger partial charge in [0.25, 0.3) is 0 Å². The van der Waals surface area contributed by atoms with E-state index in [0.29, 0.717) is 32.4 Å². The van der Waals surface area contributed by atoms with Crippen molar-refractivity contribution >= 4 is 50.7 Å². The Morgan fingerprint density at radius 1 is 0.947 bits per heavy atom. The fourth-order valence-electron chi connectivity index (χ4n) is 4.33. The topological polar surface area (TPSA) is 86.8 Å². The molecule has 0 fully saturated rings. The van der Waals surface area contributed by atoms with Crippen LogP contribution in [0.25, 0.3) is 0 Å². The van der Waals surface area contributed by atoms with Crippen LogP contribution < -0.4 is 9.62 Å². The Morgan fingerprint density at radius 2 is 1.58 bits per heavy atom. The number of hydrogen-bond donors (Lipinski definition) is 1. The Hall–Kier alpha value is -3.07. The third-order valence-corrected chi connectivity index (χ3v) is 7.94. The molecule has 3 aromatic rings. The van der Waals surface area contributed by atoms with Crippen molar-refractivity contribution in [3.8, 4) is 0 Å². The molecule has 0 bridgehead atoms. The predicted octanol–water partition coefficient (Wildman–Crippen LogP) is 4.76. The van der Waals surface area contributed by atoms with Crippen LogP contribution in [0.2, 0.25) is 10.0 Å². The van der Waals surface area contributed by atoms with Crippen LogP contribution in [0.15, 0.2) is 66.7 Å². The SMILES string of the molecule is CNC(=O)[C@@H](Cc1ccccc1)N(Cc1ccc(Cl)cc1Cl)C(=O)CN(c1c(C)cccc1C)S(C)(=O)=O. The molecule has 2 amide bonds. The molecule has 0 aromatic heterocycles. The van der Waals surface area contributed by atoms with E-state index in [1.807, 2.05) is 36.4 Å². The van der Waals surface area contributed by atoms with Crippen LogP contribution in [-0.2, 0) is 32.6 Å². The summed E-state index contributed by atoms with van der Waals surface area (Å²) in [7, 11) is -2.35. The summed E-state index contributed by atoms with van der Waals surface area (Å²) in [5.41, 5.74) is 3.28. The first-order valence-corrected chi connectivity index (χ1v) is 14.6. The first kappa shape index (κ1) is 29.5. The summed E-state index contributed by atoms with van der Waals surface area (Å²) in [6.07, 6.45) is 1.28. The lowest BCUT2D eigenvalue weighted by Crippen LogP contribution is -2.53. The molecular formula is C28H31Cl2N3O4S. The summed E-state index contributed by atoms with van der Waals surface area (Å²) in [4.78, 5) is 28.5. The molecule has 1 N–H and O–H groups in total. The van der Waals surface area contributed by atoms with Gasteiger partial charge in [-0.2, -0.15) is 0 Å². The number of nitrogens with one attached hydrogen (secondary N) is 1. The number of nitrogens with zero attached hydrogens (tertiary/aromatic N) is 2. The molecular weight excluding hydrogens is 545 g/mol. The van der Waals surface area contributed by atoms with E-state index in [1.54, 1.807) is 44.2 Å². The maximum atomic E-state index is 14.0. The van der Waals surface area contributed by atoms with Gasteiger partial charge in [0.2, 0.25) is 21.8 Å². The van der Waals surface area contributed by atoms with Crippen molar-refractivity contribution in [3.63, 3.8) is 0 Å². The molecule has 38 heavy (non-hydrogen) atoms. The first-order valence-electron chi connectivity index (χ1n) is 11.9. The van der Waals surface area contributed by atoms with E-state index in [4.69, 9.17) is 23.2 Å². The van der Waals surface area contributed by atoms with Gasteiger partial charge < -0.3 is 10.2 Å². The molecule has 0 radical (unpaired) electrons. The molecule has 0 aliphatic heterocycles. The van der Waals surface area contributed by atoms with Crippen LogP contribution in [0.4, 0.5) is 5.69 Å². The zero-order valence-corrected chi connectivity index (χ0v) is 24.1. The number of rotatable bonds is 10. The fourth-order valence-corrected chi connectivity index (χ4v) is 5.76. The number of aryl methyl sites for hydroxylation is 2. The van der Waals surface area contributed by atoms with Crippen molar-refractivity contribution in [2.45, 2.75) is 32.9 Å². The number of sulfonamides is 1. The molecule has 10 heteroatoms. The summed E-state index contributed by atoms with van der Waals surface area (Å²) >= 11 is 12.5. The van der Waals surface area contributed by atoms with Gasteiger partial charge in [-0.1, -0.05) is 77.8 Å². The van der Waals surface area contributed by atoms with Crippen LogP contribution in [0.3, 0.4) is 0 Å². The highest BCUT2D eigenvalue weighted by Gasteiger charge is 2.33. The number of hydrogen-bond acceptors (Lipinski definition) is 4. The number of amides is 2. The minimum absolute atomic E-state index is 0.0237. The second-order valence-electron chi connectivity index (χ2n) is 9.09. The van der Waals surface area contributed by atoms with Crippen molar-refractivity contribution in [1.29, 1.82) is 0 Å². The second kappa shape index (κ2) is 12.7. The monoisotopic (exact) mass is 575 g/mol. The lowest BCUT2D eigenvalue weighted by molar-refractivity contribution is -0.139. The normalized spacial score (nSPS) is 12.1. The van der Waals surface area contributed by atoms with Gasteiger partial charge in [-0.3, -0.25) is 13.9 Å². The number of para-hydroxylation sites is 1. The molecule has 0 aliphatic rings. The third-order valence-electron chi connectivity index (χ3n) is 6.24. The summed E-state index contributed by atoms with van der Waals surface area (Å²) < 4.78 is 27.0. The van der Waals surface area contributed by atoms with Crippen LogP contribution in [0, 0.1) is 13.8 Å². The summed E-state index contributed by atoms with van der Waals surface area (Å²) in [5, 5.41) is 3.41. The van der Waals surface area contributed by atoms with Gasteiger partial charge in [-0.25, -0.2) is 8.42 Å². The fraction of sp³-hybridized carbons (Fsp3) is 0.286. The molecule has 0 spiro atoms. The minimum atomic E-state index is -3.85. The van der Waals surface area contributed by atoms with E-state index in [-0.39, 0.29) is 18.9 Å². The molecule has 7 nitrogen and oxygen atoms in total. The van der Waals surface area contributed by atoms with Crippen LogP contribution in [0.1, 0.15) is 22.3 Å². The van der Waals surface area contributed by atoms with Crippen molar-refractivity contribution in [3.05, 3.63) is 99.0 Å². The van der Waals surface area contributed by atoms with Gasteiger partial charge in [0.15, 0.2) is 0 Å². The van der Waals surface area contributed by atoms with E-state index < -0.39 is 28.5 Å². The van der Waals surface area contributed by atoms with Crippen LogP contribution in [0.5, 0.6) is 0 Å². The van der Waals surface area contributed by atoms with Crippen LogP contribution >= 0.6 is 23.2 Å². The van der Waals surface area contributed by atoms with Gasteiger partial charge >= 0.3 is 0 Å². The van der Waals surface area contributed by atoms with Crippen molar-refractivity contribution in [2.75, 3.05) is 24.2 Å². The summed E-state index contributed by atoms with van der Waals surface area (Å²) in [6.45, 7) is 3.07. The van der Waals surface area contributed by atoms with Gasteiger partial charge in [0.1, 0.15) is 12.6 Å². The lowest BCUT2D eigenvalue weighted by Gasteiger charge is -2.34. The van der Waals surface area contributed by atoms with Crippen molar-refractivity contribution in [1.82, 2.24) is 10.2 Å². The highest BCUT2D eigenvalue weighted by molar-refractivity contribution is 7.92. The minimum Gasteiger partial charge on any atom is -0.357 e. The van der Waals surface area contributed by atoms with Gasteiger partial charge in [0, 0.05) is 30.1 Å². The van der Waals surface area contributed by atoms with E-state index in [1.165, 1.54) is 11.9 Å². The number of carbonyl (C=O) groups is 2. The second-order valence-corrected chi connectivity index (χ2v) is 11.8. The molecule has 0 aliphatic carbocycles. The Balaban J connectivity index is 2.09. The number of likely N-dealkylation sites (N-methyl/N-ethyl adjacent to an activating group) is 1. The first-order chi connectivity index (χ1) is 17.9. The largest absolute Gasteiger partial charge is 0.357 e. The molecule has 0 saturated carbocycles. The maximum absolute atomic E-state index is 14.0. The summed E-state index contributed by atoms with van der Waals surface area (Å²) in [6, 6.07) is 18.7. The molecule has 0 saturated heterocycles. The number of carbonyl (C=O) groups excluding carboxylic acids is 2. The van der Waals surface area contributed by atoms with E-state index in [2.05, 4.69) is 5.32 Å². The highest BCUT2D eigenvalue weighted by Crippen LogP contribution is 2.28. The molecule has 3 rings (SSSR count). The number of halogens is 2. The average Bonchev–Trinajstić information content (AvgIpc) is 2.86. The lowest BCUT2D eigenvalue weighted by atomic mass is 10.0. The number of anilines is 1. The maximum Gasteiger partial charge on any atom is 0.244 e. The molecule has 202 valence electrons. The predicted molar refractivity (Wildman–Crippen MR) is 153 cm³/mol. The van der Waals surface area contributed by atoms with Gasteiger partial charge in [0.05, 0.1) is 11.9 Å².